The Labute approximate surface area is 67.8 Å². The summed E-state index contributed by atoms with van der Waals surface area (Å²) in [4.78, 5) is 18.6. The number of carbonyl (C=O) groups is 1. The Kier molecular flexibility index (Phi) is 1.30. The fourth-order valence-electron chi connectivity index (χ4n) is 1.03. The molecule has 2 aromatic heterocycles. The van der Waals surface area contributed by atoms with Gasteiger partial charge in [-0.15, -0.1) is 0 Å². The Bertz CT molecular complexity index is 434. The molecule has 5 nitrogen and oxygen atoms in total. The number of primary amides is 1. The standard InChI is InChI=1S/C7H6N4O/c8-7(12)11-4-10-5-1-2-9-3-6(5)11/h1-4H,(H2,8,12). The van der Waals surface area contributed by atoms with Crippen LogP contribution in [0.15, 0.2) is 24.8 Å². The minimum atomic E-state index is -0.550. The average molecular weight is 162 g/mol. The molecule has 0 radical (unpaired) electrons. The van der Waals surface area contributed by atoms with Gasteiger partial charge < -0.3 is 5.73 Å². The minimum Gasteiger partial charge on any atom is -0.351 e. The first kappa shape index (κ1) is 6.78. The SMILES string of the molecule is NC(=O)n1cnc2ccncc21. The van der Waals surface area contributed by atoms with Crippen molar-refractivity contribution in [2.45, 2.75) is 0 Å². The van der Waals surface area contributed by atoms with E-state index in [2.05, 4.69) is 9.97 Å². The summed E-state index contributed by atoms with van der Waals surface area (Å²) in [6.45, 7) is 0. The van der Waals surface area contributed by atoms with E-state index in [0.29, 0.717) is 11.0 Å². The van der Waals surface area contributed by atoms with Gasteiger partial charge >= 0.3 is 6.03 Å². The number of hydrogen-bond donors (Lipinski definition) is 1. The van der Waals surface area contributed by atoms with Crippen molar-refractivity contribution in [2.75, 3.05) is 0 Å². The fraction of sp³-hybridized carbons (Fsp3) is 0. The van der Waals surface area contributed by atoms with Crippen LogP contribution in [0, 0.1) is 0 Å². The molecule has 2 aromatic rings. The quantitative estimate of drug-likeness (QED) is 0.607. The Hall–Kier alpha value is -1.91. The van der Waals surface area contributed by atoms with Gasteiger partial charge in [-0.2, -0.15) is 0 Å². The number of aromatic nitrogens is 3. The largest absolute Gasteiger partial charge is 0.351 e. The van der Waals surface area contributed by atoms with Gasteiger partial charge in [0, 0.05) is 6.20 Å². The lowest BCUT2D eigenvalue weighted by Gasteiger charge is -1.94. The number of nitrogens with two attached hydrogens (primary N) is 1. The molecule has 2 heterocycles. The van der Waals surface area contributed by atoms with Gasteiger partial charge in [0.2, 0.25) is 0 Å². The first-order valence-corrected chi connectivity index (χ1v) is 3.36. The van der Waals surface area contributed by atoms with Gasteiger partial charge in [-0.1, -0.05) is 0 Å². The number of fused-ring (bicyclic) bond motifs is 1. The molecule has 0 spiro atoms. The van der Waals surface area contributed by atoms with Gasteiger partial charge in [0.1, 0.15) is 6.33 Å². The molecule has 12 heavy (non-hydrogen) atoms. The summed E-state index contributed by atoms with van der Waals surface area (Å²) in [5.74, 6) is 0. The van der Waals surface area contributed by atoms with Crippen LogP contribution in [0.5, 0.6) is 0 Å². The minimum absolute atomic E-state index is 0.550. The van der Waals surface area contributed by atoms with Crippen molar-refractivity contribution in [1.82, 2.24) is 14.5 Å². The van der Waals surface area contributed by atoms with E-state index in [-0.39, 0.29) is 0 Å². The van der Waals surface area contributed by atoms with E-state index >= 15 is 0 Å². The van der Waals surface area contributed by atoms with Crippen molar-refractivity contribution in [1.29, 1.82) is 0 Å². The topological polar surface area (TPSA) is 73.8 Å². The van der Waals surface area contributed by atoms with E-state index in [4.69, 9.17) is 5.73 Å². The molecule has 2 N–H and O–H groups in total. The molecular weight excluding hydrogens is 156 g/mol. The number of pyridine rings is 1. The highest BCUT2D eigenvalue weighted by molar-refractivity contribution is 5.87. The zero-order valence-corrected chi connectivity index (χ0v) is 6.14. The van der Waals surface area contributed by atoms with Crippen molar-refractivity contribution >= 4 is 17.1 Å². The van der Waals surface area contributed by atoms with Crippen molar-refractivity contribution < 1.29 is 4.79 Å². The molecule has 0 aliphatic heterocycles. The molecule has 2 rings (SSSR count). The monoisotopic (exact) mass is 162 g/mol. The maximum Gasteiger partial charge on any atom is 0.324 e. The van der Waals surface area contributed by atoms with Crippen LogP contribution >= 0.6 is 0 Å². The highest BCUT2D eigenvalue weighted by atomic mass is 16.2. The van der Waals surface area contributed by atoms with Gasteiger partial charge in [0.05, 0.1) is 17.2 Å². The second kappa shape index (κ2) is 2.30. The van der Waals surface area contributed by atoms with Crippen molar-refractivity contribution in [2.24, 2.45) is 5.73 Å². The lowest BCUT2D eigenvalue weighted by molar-refractivity contribution is 0.251. The molecule has 1 amide bonds. The van der Waals surface area contributed by atoms with E-state index in [1.165, 1.54) is 10.9 Å². The number of rotatable bonds is 0. The van der Waals surface area contributed by atoms with Gasteiger partial charge in [0.25, 0.3) is 0 Å². The average Bonchev–Trinajstić information content (AvgIpc) is 2.47. The zero-order chi connectivity index (χ0) is 8.55. The Balaban J connectivity index is 2.79. The van der Waals surface area contributed by atoms with Crippen LogP contribution < -0.4 is 5.73 Å². The molecule has 0 bridgehead atoms. The molecule has 0 unspecified atom stereocenters. The summed E-state index contributed by atoms with van der Waals surface area (Å²) in [7, 11) is 0. The summed E-state index contributed by atoms with van der Waals surface area (Å²) in [5.41, 5.74) is 6.42. The molecule has 60 valence electrons. The van der Waals surface area contributed by atoms with Crippen molar-refractivity contribution in [3.63, 3.8) is 0 Å². The molecule has 5 heteroatoms. The van der Waals surface area contributed by atoms with E-state index in [1.807, 2.05) is 0 Å². The molecule has 0 saturated carbocycles. The molecular formula is C7H6N4O. The second-order valence-electron chi connectivity index (χ2n) is 2.32. The van der Waals surface area contributed by atoms with Crippen LogP contribution in [0.2, 0.25) is 0 Å². The highest BCUT2D eigenvalue weighted by Crippen LogP contribution is 2.08. The molecule has 0 atom stereocenters. The predicted octanol–water partition coefficient (Wildman–Crippen LogP) is 0.358. The van der Waals surface area contributed by atoms with E-state index in [9.17, 15) is 4.79 Å². The first-order valence-electron chi connectivity index (χ1n) is 3.36. The van der Waals surface area contributed by atoms with Crippen LogP contribution in [0.3, 0.4) is 0 Å². The summed E-state index contributed by atoms with van der Waals surface area (Å²) < 4.78 is 1.25. The summed E-state index contributed by atoms with van der Waals surface area (Å²) >= 11 is 0. The Morgan fingerprint density at radius 1 is 1.58 bits per heavy atom. The second-order valence-corrected chi connectivity index (χ2v) is 2.32. The molecule has 0 aliphatic carbocycles. The third-order valence-corrected chi connectivity index (χ3v) is 1.59. The number of hydrogen-bond acceptors (Lipinski definition) is 3. The predicted molar refractivity (Wildman–Crippen MR) is 42.5 cm³/mol. The number of carbonyl (C=O) groups excluding carboxylic acids is 1. The molecule has 0 aliphatic rings. The normalized spacial score (nSPS) is 10.3. The maximum absolute atomic E-state index is 10.8. The van der Waals surface area contributed by atoms with E-state index in [0.717, 1.165) is 0 Å². The van der Waals surface area contributed by atoms with Crippen LogP contribution in [-0.4, -0.2) is 20.6 Å². The summed E-state index contributed by atoms with van der Waals surface area (Å²) in [6.07, 6.45) is 4.54. The third-order valence-electron chi connectivity index (χ3n) is 1.59. The van der Waals surface area contributed by atoms with Crippen LogP contribution in [-0.2, 0) is 0 Å². The fourth-order valence-corrected chi connectivity index (χ4v) is 1.03. The molecule has 0 aromatic carbocycles. The van der Waals surface area contributed by atoms with Gasteiger partial charge in [0.15, 0.2) is 0 Å². The smallest absolute Gasteiger partial charge is 0.324 e. The lowest BCUT2D eigenvalue weighted by atomic mass is 10.4. The zero-order valence-electron chi connectivity index (χ0n) is 6.14. The van der Waals surface area contributed by atoms with E-state index in [1.54, 1.807) is 18.5 Å². The van der Waals surface area contributed by atoms with Gasteiger partial charge in [-0.25, -0.2) is 14.3 Å². The molecule has 0 saturated heterocycles. The maximum atomic E-state index is 10.8. The molecule has 0 fully saturated rings. The van der Waals surface area contributed by atoms with Crippen molar-refractivity contribution in [3.8, 4) is 0 Å². The first-order chi connectivity index (χ1) is 5.79. The Morgan fingerprint density at radius 2 is 2.42 bits per heavy atom. The van der Waals surface area contributed by atoms with Gasteiger partial charge in [-0.3, -0.25) is 4.98 Å². The van der Waals surface area contributed by atoms with Crippen molar-refractivity contribution in [3.05, 3.63) is 24.8 Å². The third kappa shape index (κ3) is 0.833. The van der Waals surface area contributed by atoms with Crippen LogP contribution in [0.25, 0.3) is 11.0 Å². The Morgan fingerprint density at radius 3 is 3.17 bits per heavy atom. The number of amides is 1. The van der Waals surface area contributed by atoms with Crippen LogP contribution in [0.1, 0.15) is 0 Å². The van der Waals surface area contributed by atoms with Gasteiger partial charge in [-0.05, 0) is 6.07 Å². The highest BCUT2D eigenvalue weighted by Gasteiger charge is 2.04. The lowest BCUT2D eigenvalue weighted by Crippen LogP contribution is -2.18. The summed E-state index contributed by atoms with van der Waals surface area (Å²) in [6, 6.07) is 1.17. The van der Waals surface area contributed by atoms with E-state index < -0.39 is 6.03 Å². The number of imidazole rings is 1. The summed E-state index contributed by atoms with van der Waals surface area (Å²) in [5, 5.41) is 0. The number of nitrogens with zero attached hydrogens (tertiary/aromatic N) is 3. The van der Waals surface area contributed by atoms with Crippen LogP contribution in [0.4, 0.5) is 4.79 Å².